The zero-order valence-electron chi connectivity index (χ0n) is 39.5. The average Bonchev–Trinajstić information content (AvgIpc) is 3.88. The van der Waals surface area contributed by atoms with Gasteiger partial charge in [-0.1, -0.05) is 170 Å². The summed E-state index contributed by atoms with van der Waals surface area (Å²) in [4.78, 5) is 15.3. The monoisotopic (exact) mass is 725 g/mol. The van der Waals surface area contributed by atoms with Gasteiger partial charge in [0.1, 0.15) is 0 Å². The number of hydrogen-bond acceptors (Lipinski definition) is 3. The fraction of sp³-hybridized carbons (Fsp3) is 0. The van der Waals surface area contributed by atoms with E-state index in [4.69, 9.17) is 28.7 Å². The summed E-state index contributed by atoms with van der Waals surface area (Å²) >= 11 is 0. The first-order valence-corrected chi connectivity index (χ1v) is 18.1. The predicted octanol–water partition coefficient (Wildman–Crippen LogP) is 12.7. The molecule has 0 atom stereocenters. The maximum atomic E-state index is 9.03. The quantitative estimate of drug-likeness (QED) is 0.171. The highest BCUT2D eigenvalue weighted by Crippen LogP contribution is 2.42. The van der Waals surface area contributed by atoms with Crippen LogP contribution in [0.4, 0.5) is 0 Å². The lowest BCUT2D eigenvalue weighted by atomic mass is 9.98. The minimum atomic E-state index is -0.558. The van der Waals surface area contributed by atoms with E-state index in [1.165, 1.54) is 6.07 Å². The molecule has 0 bridgehead atoms. The summed E-state index contributed by atoms with van der Waals surface area (Å²) in [5, 5.41) is 3.51. The van der Waals surface area contributed by atoms with E-state index >= 15 is 0 Å². The number of benzene rings is 8. The van der Waals surface area contributed by atoms with Crippen molar-refractivity contribution in [3.63, 3.8) is 0 Å². The number of para-hydroxylation sites is 2. The van der Waals surface area contributed by atoms with E-state index in [0.29, 0.717) is 28.8 Å². The van der Waals surface area contributed by atoms with Crippen molar-refractivity contribution in [2.45, 2.75) is 0 Å². The van der Waals surface area contributed by atoms with Gasteiger partial charge in [0.15, 0.2) is 11.6 Å². The van der Waals surface area contributed by atoms with Crippen molar-refractivity contribution < 1.29 is 13.7 Å². The summed E-state index contributed by atoms with van der Waals surface area (Å²) in [6.07, 6.45) is 0. The fourth-order valence-corrected chi connectivity index (χ4v) is 7.69. The minimum absolute atomic E-state index is 0.108. The van der Waals surface area contributed by atoms with Crippen LogP contribution in [0.25, 0.3) is 100 Å². The maximum Gasteiger partial charge on any atom is 0.238 e. The number of aromatic nitrogens is 5. The molecule has 0 unspecified atom stereocenters. The molecule has 262 valence electrons. The zero-order chi connectivity index (χ0) is 45.7. The second-order valence-electron chi connectivity index (χ2n) is 13.3. The van der Waals surface area contributed by atoms with Gasteiger partial charge in [-0.15, -0.1) is 0 Å². The number of fused-ring (bicyclic) bond motifs is 7. The highest BCUT2D eigenvalue weighted by Gasteiger charge is 2.24. The van der Waals surface area contributed by atoms with Gasteiger partial charge in [0.2, 0.25) is 5.95 Å². The Morgan fingerprint density at radius 1 is 0.357 bits per heavy atom. The highest BCUT2D eigenvalue weighted by atomic mass is 15.2. The Hall–Kier alpha value is -7.63. The molecule has 0 aliphatic carbocycles. The van der Waals surface area contributed by atoms with Crippen molar-refractivity contribution in [1.29, 1.82) is 0 Å². The Balaban J connectivity index is 1.32. The van der Waals surface area contributed by atoms with E-state index in [0.717, 1.165) is 49.2 Å². The van der Waals surface area contributed by atoms with Crippen molar-refractivity contribution in [2.75, 3.05) is 0 Å². The fourth-order valence-electron chi connectivity index (χ4n) is 7.69. The molecule has 8 aromatic carbocycles. The van der Waals surface area contributed by atoms with Gasteiger partial charge < -0.3 is 4.57 Å². The van der Waals surface area contributed by atoms with Gasteiger partial charge in [0, 0.05) is 38.4 Å². The average molecular weight is 726 g/mol. The van der Waals surface area contributed by atoms with Gasteiger partial charge in [-0.3, -0.25) is 4.57 Å². The lowest BCUT2D eigenvalue weighted by Gasteiger charge is -2.15. The second-order valence-corrected chi connectivity index (χ2v) is 13.3. The molecular weight excluding hydrogens is 683 g/mol. The Morgan fingerprint density at radius 3 is 1.32 bits per heavy atom. The maximum absolute atomic E-state index is 9.03. The first-order valence-electron chi connectivity index (χ1n) is 23.1. The molecule has 11 aromatic rings. The third-order valence-corrected chi connectivity index (χ3v) is 10.1. The molecule has 5 heteroatoms. The summed E-state index contributed by atoms with van der Waals surface area (Å²) in [5.41, 5.74) is 5.16. The smallest absolute Gasteiger partial charge is 0.238 e. The third kappa shape index (κ3) is 5.21. The summed E-state index contributed by atoms with van der Waals surface area (Å²) in [6.45, 7) is 0. The molecule has 0 aliphatic rings. The first kappa shape index (κ1) is 23.2. The molecule has 0 saturated carbocycles. The van der Waals surface area contributed by atoms with Gasteiger partial charge >= 0.3 is 0 Å². The minimum Gasteiger partial charge on any atom is -0.307 e. The van der Waals surface area contributed by atoms with Crippen LogP contribution in [0.3, 0.4) is 0 Å². The summed E-state index contributed by atoms with van der Waals surface area (Å²) in [6, 6.07) is 39.2. The molecule has 0 amide bonds. The van der Waals surface area contributed by atoms with Crippen molar-refractivity contribution in [3.05, 3.63) is 200 Å². The third-order valence-electron chi connectivity index (χ3n) is 10.1. The van der Waals surface area contributed by atoms with Crippen molar-refractivity contribution >= 4 is 43.6 Å². The van der Waals surface area contributed by atoms with E-state index < -0.39 is 60.4 Å². The number of nitrogens with zero attached hydrogens (tertiary/aromatic N) is 5. The lowest BCUT2D eigenvalue weighted by molar-refractivity contribution is 0.953. The van der Waals surface area contributed by atoms with Crippen LogP contribution in [0.15, 0.2) is 200 Å². The Kier molecular flexibility index (Phi) is 5.41. The molecule has 3 heterocycles. The standard InChI is InChI=1S/C51H33N5/c1-5-17-34(18-6-1)38-31-39(35-19-7-2-8-20-35)33-40(32-38)55-45-27-15-13-25-41(45)43-29-30-44-42-26-14-16-28-46(42)56(48(44)47(43)55)51-53-49(36-21-9-3-10-22-36)52-50(54-51)37-23-11-4-12-24-37/h1-33H/i1D,2D,5D,6D,7D,8D,17D,18D,19D,20D. The van der Waals surface area contributed by atoms with Crippen molar-refractivity contribution in [3.8, 4) is 56.7 Å². The van der Waals surface area contributed by atoms with Gasteiger partial charge in [-0.2, -0.15) is 9.97 Å². The number of rotatable bonds is 6. The summed E-state index contributed by atoms with van der Waals surface area (Å²) in [5.74, 6) is 1.28. The van der Waals surface area contributed by atoms with Crippen LogP contribution in [-0.4, -0.2) is 24.1 Å². The van der Waals surface area contributed by atoms with Gasteiger partial charge in [0.05, 0.1) is 35.8 Å². The van der Waals surface area contributed by atoms with Crippen molar-refractivity contribution in [1.82, 2.24) is 24.1 Å². The van der Waals surface area contributed by atoms with Crippen LogP contribution in [0.1, 0.15) is 13.7 Å². The Labute approximate surface area is 337 Å². The summed E-state index contributed by atoms with van der Waals surface area (Å²) in [7, 11) is 0. The van der Waals surface area contributed by atoms with Crippen LogP contribution in [0, 0.1) is 0 Å². The van der Waals surface area contributed by atoms with Gasteiger partial charge in [-0.25, -0.2) is 4.98 Å². The molecule has 56 heavy (non-hydrogen) atoms. The van der Waals surface area contributed by atoms with Gasteiger partial charge in [0.25, 0.3) is 0 Å². The summed E-state index contributed by atoms with van der Waals surface area (Å²) < 4.78 is 91.2. The van der Waals surface area contributed by atoms with Crippen LogP contribution < -0.4 is 0 Å². The largest absolute Gasteiger partial charge is 0.307 e. The zero-order valence-corrected chi connectivity index (χ0v) is 29.5. The normalized spacial score (nSPS) is 14.1. The van der Waals surface area contributed by atoms with E-state index in [-0.39, 0.29) is 22.3 Å². The van der Waals surface area contributed by atoms with Crippen LogP contribution >= 0.6 is 0 Å². The molecule has 3 aromatic heterocycles. The SMILES string of the molecule is [2H]c1c([2H])c([2H])c(-c2cc(-c3c([2H])c([2H])c([2H])c([2H])c3[2H])cc(-n3c4ccccc4c4ccc5c6ccccc6n(-c6nc(-c7ccccc7)nc(-c7ccccc7)n6)c5c43)c2)c([2H])c1[2H]. The van der Waals surface area contributed by atoms with E-state index in [2.05, 4.69) is 12.1 Å². The highest BCUT2D eigenvalue weighted by molar-refractivity contribution is 6.23. The lowest BCUT2D eigenvalue weighted by Crippen LogP contribution is -2.07. The molecule has 0 N–H and O–H groups in total. The van der Waals surface area contributed by atoms with Crippen molar-refractivity contribution in [2.24, 2.45) is 0 Å². The van der Waals surface area contributed by atoms with Gasteiger partial charge in [-0.05, 0) is 52.6 Å². The number of hydrogen-bond donors (Lipinski definition) is 0. The molecule has 0 aliphatic heterocycles. The van der Waals surface area contributed by atoms with E-state index in [1.54, 1.807) is 12.1 Å². The molecule has 5 nitrogen and oxygen atoms in total. The Morgan fingerprint density at radius 2 is 0.804 bits per heavy atom. The van der Waals surface area contributed by atoms with Crippen LogP contribution in [0.5, 0.6) is 0 Å². The topological polar surface area (TPSA) is 48.5 Å². The molecular formula is C51H33N5. The molecule has 0 saturated heterocycles. The van der Waals surface area contributed by atoms with Crippen LogP contribution in [0.2, 0.25) is 0 Å². The Bertz CT molecular complexity index is 3630. The molecule has 0 radical (unpaired) electrons. The predicted molar refractivity (Wildman–Crippen MR) is 230 cm³/mol. The second kappa shape index (κ2) is 13.0. The first-order chi connectivity index (χ1) is 31.9. The van der Waals surface area contributed by atoms with E-state index in [9.17, 15) is 0 Å². The molecule has 0 fully saturated rings. The molecule has 11 rings (SSSR count). The molecule has 0 spiro atoms. The van der Waals surface area contributed by atoms with Crippen LogP contribution in [-0.2, 0) is 0 Å². The van der Waals surface area contributed by atoms with E-state index in [1.807, 2.05) is 118 Å².